The fourth-order valence-electron chi connectivity index (χ4n) is 3.56. The van der Waals surface area contributed by atoms with E-state index in [9.17, 15) is 9.90 Å². The summed E-state index contributed by atoms with van der Waals surface area (Å²) in [7, 11) is 0. The molecular weight excluding hydrogens is 280 g/mol. The van der Waals surface area contributed by atoms with Gasteiger partial charge in [0.05, 0.1) is 12.6 Å². The lowest BCUT2D eigenvalue weighted by Crippen LogP contribution is -2.42. The third-order valence-corrected chi connectivity index (χ3v) is 4.49. The van der Waals surface area contributed by atoms with E-state index in [0.717, 1.165) is 18.7 Å². The molecule has 0 bridgehead atoms. The van der Waals surface area contributed by atoms with Crippen molar-refractivity contribution in [2.75, 3.05) is 25.0 Å². The molecule has 1 aromatic rings. The first kappa shape index (κ1) is 15.2. The van der Waals surface area contributed by atoms with Crippen LogP contribution in [0.4, 0.5) is 10.5 Å². The third kappa shape index (κ3) is 2.54. The first-order valence-electron chi connectivity index (χ1n) is 7.78. The lowest BCUT2D eigenvalue weighted by molar-refractivity contribution is 0.0171. The van der Waals surface area contributed by atoms with E-state index in [2.05, 4.69) is 17.4 Å². The van der Waals surface area contributed by atoms with Crippen LogP contribution in [0.15, 0.2) is 24.3 Å². The zero-order valence-corrected chi connectivity index (χ0v) is 13.4. The monoisotopic (exact) mass is 304 g/mol. The highest BCUT2D eigenvalue weighted by Crippen LogP contribution is 2.45. The smallest absolute Gasteiger partial charge is 0.410 e. The maximum Gasteiger partial charge on any atom is 0.410 e. The molecule has 0 aromatic heterocycles. The molecule has 1 saturated heterocycles. The molecular formula is C17H24N2O3. The van der Waals surface area contributed by atoms with Gasteiger partial charge in [0.2, 0.25) is 0 Å². The maximum atomic E-state index is 12.5. The van der Waals surface area contributed by atoms with Crippen LogP contribution in [0, 0.1) is 0 Å². The van der Waals surface area contributed by atoms with Crippen LogP contribution in [0.3, 0.4) is 0 Å². The number of nitrogens with one attached hydrogen (secondary N) is 1. The van der Waals surface area contributed by atoms with Crippen molar-refractivity contribution in [3.05, 3.63) is 29.8 Å². The molecule has 2 aliphatic rings. The summed E-state index contributed by atoms with van der Waals surface area (Å²) in [6.45, 7) is 6.91. The van der Waals surface area contributed by atoms with Gasteiger partial charge in [-0.3, -0.25) is 0 Å². The summed E-state index contributed by atoms with van der Waals surface area (Å²) < 4.78 is 5.50. The Morgan fingerprint density at radius 2 is 2.18 bits per heavy atom. The molecule has 3 rings (SSSR count). The summed E-state index contributed by atoms with van der Waals surface area (Å²) in [6, 6.07) is 8.02. The molecule has 120 valence electrons. The highest BCUT2D eigenvalue weighted by molar-refractivity contribution is 5.71. The number of amides is 1. The molecule has 2 heterocycles. The summed E-state index contributed by atoms with van der Waals surface area (Å²) in [5.41, 5.74) is 1.71. The lowest BCUT2D eigenvalue weighted by Gasteiger charge is -2.28. The molecule has 5 nitrogen and oxygen atoms in total. The molecule has 2 aliphatic heterocycles. The van der Waals surface area contributed by atoms with Crippen molar-refractivity contribution in [2.45, 2.75) is 44.2 Å². The second kappa shape index (κ2) is 5.16. The van der Waals surface area contributed by atoms with E-state index < -0.39 is 5.60 Å². The summed E-state index contributed by atoms with van der Waals surface area (Å²) >= 11 is 0. The van der Waals surface area contributed by atoms with Crippen molar-refractivity contribution in [3.63, 3.8) is 0 Å². The molecule has 0 radical (unpaired) electrons. The number of hydrogen-bond donors (Lipinski definition) is 2. The van der Waals surface area contributed by atoms with E-state index in [4.69, 9.17) is 4.74 Å². The number of fused-ring (bicyclic) bond motifs is 2. The van der Waals surface area contributed by atoms with Gasteiger partial charge in [-0.05, 0) is 38.8 Å². The van der Waals surface area contributed by atoms with Crippen molar-refractivity contribution in [1.29, 1.82) is 0 Å². The lowest BCUT2D eigenvalue weighted by atomic mass is 9.80. The first-order chi connectivity index (χ1) is 10.3. The van der Waals surface area contributed by atoms with Crippen molar-refractivity contribution >= 4 is 11.8 Å². The fourth-order valence-corrected chi connectivity index (χ4v) is 3.56. The quantitative estimate of drug-likeness (QED) is 0.836. The number of aliphatic hydroxyl groups excluding tert-OH is 1. The number of ether oxygens (including phenoxy) is 1. The van der Waals surface area contributed by atoms with Crippen LogP contribution in [0.2, 0.25) is 0 Å². The van der Waals surface area contributed by atoms with E-state index in [-0.39, 0.29) is 24.2 Å². The number of benzene rings is 1. The molecule has 2 N–H and O–H groups in total. The maximum absolute atomic E-state index is 12.5. The molecule has 2 atom stereocenters. The topological polar surface area (TPSA) is 61.8 Å². The highest BCUT2D eigenvalue weighted by Gasteiger charge is 2.50. The van der Waals surface area contributed by atoms with Crippen LogP contribution in [0.1, 0.15) is 32.8 Å². The second-order valence-corrected chi connectivity index (χ2v) is 7.33. The molecule has 1 amide bonds. The van der Waals surface area contributed by atoms with Gasteiger partial charge in [-0.15, -0.1) is 0 Å². The minimum atomic E-state index is -0.529. The Balaban J connectivity index is 1.86. The molecule has 0 aliphatic carbocycles. The number of anilines is 1. The molecule has 1 aromatic carbocycles. The van der Waals surface area contributed by atoms with E-state index in [1.807, 2.05) is 32.9 Å². The molecule has 1 spiro atoms. The van der Waals surface area contributed by atoms with Crippen LogP contribution in [-0.4, -0.2) is 47.4 Å². The second-order valence-electron chi connectivity index (χ2n) is 7.33. The summed E-state index contributed by atoms with van der Waals surface area (Å²) in [4.78, 5) is 14.1. The van der Waals surface area contributed by atoms with Gasteiger partial charge in [-0.25, -0.2) is 4.79 Å². The van der Waals surface area contributed by atoms with Crippen molar-refractivity contribution in [2.24, 2.45) is 0 Å². The Morgan fingerprint density at radius 3 is 2.86 bits per heavy atom. The van der Waals surface area contributed by atoms with Gasteiger partial charge in [-0.2, -0.15) is 0 Å². The number of nitrogens with zero attached hydrogens (tertiary/aromatic N) is 1. The van der Waals surface area contributed by atoms with Gasteiger partial charge in [0, 0.05) is 24.2 Å². The van der Waals surface area contributed by atoms with Gasteiger partial charge in [0.1, 0.15) is 5.60 Å². The Hall–Kier alpha value is -1.75. The van der Waals surface area contributed by atoms with Gasteiger partial charge in [-0.1, -0.05) is 18.2 Å². The zero-order valence-electron chi connectivity index (χ0n) is 13.4. The molecule has 0 saturated carbocycles. The molecule has 22 heavy (non-hydrogen) atoms. The Morgan fingerprint density at radius 1 is 1.45 bits per heavy atom. The average molecular weight is 304 g/mol. The average Bonchev–Trinajstić information content (AvgIpc) is 3.00. The standard InChI is InChI=1S/C17H24N2O3/c1-16(2,3)22-15(21)19-11-17(8-12(19)9-20)10-18-14-7-5-4-6-13(14)17/h4-7,12,18,20H,8-11H2,1-3H3. The largest absolute Gasteiger partial charge is 0.444 e. The number of carbonyl (C=O) groups excluding carboxylic acids is 1. The van der Waals surface area contributed by atoms with Gasteiger partial charge < -0.3 is 20.1 Å². The predicted molar refractivity (Wildman–Crippen MR) is 85.0 cm³/mol. The number of hydrogen-bond acceptors (Lipinski definition) is 4. The number of aliphatic hydroxyl groups is 1. The number of para-hydroxylation sites is 1. The summed E-state index contributed by atoms with van der Waals surface area (Å²) in [5.74, 6) is 0. The Bertz CT molecular complexity index is 582. The minimum absolute atomic E-state index is 0.0385. The van der Waals surface area contributed by atoms with Crippen LogP contribution in [0.5, 0.6) is 0 Å². The van der Waals surface area contributed by atoms with E-state index in [1.54, 1.807) is 4.90 Å². The Kier molecular flexibility index (Phi) is 3.56. The first-order valence-corrected chi connectivity index (χ1v) is 7.78. The van der Waals surface area contributed by atoms with E-state index >= 15 is 0 Å². The van der Waals surface area contributed by atoms with E-state index in [1.165, 1.54) is 5.56 Å². The number of carbonyl (C=O) groups is 1. The van der Waals surface area contributed by atoms with Crippen molar-refractivity contribution in [1.82, 2.24) is 4.90 Å². The van der Waals surface area contributed by atoms with Crippen molar-refractivity contribution in [3.8, 4) is 0 Å². The fraction of sp³-hybridized carbons (Fsp3) is 0.588. The number of likely N-dealkylation sites (tertiary alicyclic amines) is 1. The Labute approximate surface area is 131 Å². The molecule has 2 unspecified atom stereocenters. The predicted octanol–water partition coefficient (Wildman–Crippen LogP) is 2.35. The van der Waals surface area contributed by atoms with Crippen LogP contribution < -0.4 is 5.32 Å². The van der Waals surface area contributed by atoms with Crippen LogP contribution in [0.25, 0.3) is 0 Å². The molecule has 1 fully saturated rings. The van der Waals surface area contributed by atoms with E-state index in [0.29, 0.717) is 6.54 Å². The van der Waals surface area contributed by atoms with Crippen LogP contribution in [-0.2, 0) is 10.2 Å². The summed E-state index contributed by atoms with van der Waals surface area (Å²) in [5, 5.41) is 13.1. The van der Waals surface area contributed by atoms with Gasteiger partial charge >= 0.3 is 6.09 Å². The van der Waals surface area contributed by atoms with Crippen LogP contribution >= 0.6 is 0 Å². The van der Waals surface area contributed by atoms with Gasteiger partial charge in [0.25, 0.3) is 0 Å². The van der Waals surface area contributed by atoms with Crippen molar-refractivity contribution < 1.29 is 14.6 Å². The SMILES string of the molecule is CC(C)(C)OC(=O)N1CC2(CNc3ccccc32)CC1CO. The molecule has 5 heteroatoms. The highest BCUT2D eigenvalue weighted by atomic mass is 16.6. The zero-order chi connectivity index (χ0) is 16.0. The number of rotatable bonds is 1. The summed E-state index contributed by atoms with van der Waals surface area (Å²) in [6.07, 6.45) is 0.417. The minimum Gasteiger partial charge on any atom is -0.444 e. The van der Waals surface area contributed by atoms with Gasteiger partial charge in [0.15, 0.2) is 0 Å². The third-order valence-electron chi connectivity index (χ3n) is 4.49. The normalized spacial score (nSPS) is 26.9.